The highest BCUT2D eigenvalue weighted by molar-refractivity contribution is 5.99. The molecule has 0 bridgehead atoms. The van der Waals surface area contributed by atoms with Crippen molar-refractivity contribution in [2.45, 2.75) is 25.7 Å². The standard InChI is InChI=1S/C15H18N6O2/c1-20-12-10(7-18-20)13(17-9-16-12)21-6-5-15(8-21)4-2-3-11(22)19-14(15)23/h7,9H,2-6,8H2,1H3,(H,19,22,23). The molecule has 120 valence electrons. The maximum atomic E-state index is 12.5. The van der Waals surface area contributed by atoms with Gasteiger partial charge in [0, 0.05) is 26.6 Å². The number of aromatic nitrogens is 4. The van der Waals surface area contributed by atoms with Crippen molar-refractivity contribution in [3.8, 4) is 0 Å². The molecule has 1 spiro atoms. The van der Waals surface area contributed by atoms with Crippen molar-refractivity contribution in [3.05, 3.63) is 12.5 Å². The largest absolute Gasteiger partial charge is 0.355 e. The number of nitrogens with one attached hydrogen (secondary N) is 1. The third-order valence-corrected chi connectivity index (χ3v) is 4.96. The van der Waals surface area contributed by atoms with Gasteiger partial charge in [0.15, 0.2) is 5.65 Å². The van der Waals surface area contributed by atoms with E-state index in [4.69, 9.17) is 0 Å². The fourth-order valence-electron chi connectivity index (χ4n) is 3.67. The summed E-state index contributed by atoms with van der Waals surface area (Å²) in [4.78, 5) is 34.8. The molecule has 2 aromatic heterocycles. The number of anilines is 1. The van der Waals surface area contributed by atoms with E-state index in [0.29, 0.717) is 13.0 Å². The van der Waals surface area contributed by atoms with E-state index in [1.807, 2.05) is 7.05 Å². The molecule has 0 saturated carbocycles. The number of carbonyl (C=O) groups is 2. The maximum absolute atomic E-state index is 12.5. The number of amides is 2. The Hall–Kier alpha value is -2.51. The van der Waals surface area contributed by atoms with Crippen LogP contribution >= 0.6 is 0 Å². The van der Waals surface area contributed by atoms with Gasteiger partial charge in [-0.05, 0) is 19.3 Å². The zero-order valence-corrected chi connectivity index (χ0v) is 12.9. The Balaban J connectivity index is 1.67. The molecule has 8 heteroatoms. The second-order valence-electron chi connectivity index (χ2n) is 6.39. The predicted molar refractivity (Wildman–Crippen MR) is 82.6 cm³/mol. The van der Waals surface area contributed by atoms with Crippen molar-refractivity contribution in [3.63, 3.8) is 0 Å². The molecule has 2 aromatic rings. The van der Waals surface area contributed by atoms with E-state index < -0.39 is 5.41 Å². The first-order chi connectivity index (χ1) is 11.1. The lowest BCUT2D eigenvalue weighted by atomic mass is 9.82. The van der Waals surface area contributed by atoms with Crippen LogP contribution in [-0.4, -0.2) is 44.7 Å². The second-order valence-corrected chi connectivity index (χ2v) is 6.39. The Kier molecular flexibility index (Phi) is 3.07. The minimum Gasteiger partial charge on any atom is -0.355 e. The van der Waals surface area contributed by atoms with Gasteiger partial charge in [0.25, 0.3) is 0 Å². The van der Waals surface area contributed by atoms with E-state index >= 15 is 0 Å². The predicted octanol–water partition coefficient (Wildman–Crippen LogP) is 0.387. The summed E-state index contributed by atoms with van der Waals surface area (Å²) in [6.07, 6.45) is 5.93. The van der Waals surface area contributed by atoms with Crippen LogP contribution in [0.4, 0.5) is 5.82 Å². The molecular weight excluding hydrogens is 296 g/mol. The quantitative estimate of drug-likeness (QED) is 0.765. The van der Waals surface area contributed by atoms with Crippen LogP contribution in [0, 0.1) is 5.41 Å². The van der Waals surface area contributed by atoms with Crippen molar-refractivity contribution in [1.29, 1.82) is 0 Å². The fraction of sp³-hybridized carbons (Fsp3) is 0.533. The maximum Gasteiger partial charge on any atom is 0.234 e. The lowest BCUT2D eigenvalue weighted by Gasteiger charge is -2.26. The van der Waals surface area contributed by atoms with Gasteiger partial charge in [0.2, 0.25) is 11.8 Å². The summed E-state index contributed by atoms with van der Waals surface area (Å²) in [6.45, 7) is 1.32. The number of aryl methyl sites for hydroxylation is 1. The first kappa shape index (κ1) is 14.1. The Morgan fingerprint density at radius 2 is 2.13 bits per heavy atom. The Morgan fingerprint density at radius 3 is 3.00 bits per heavy atom. The summed E-state index contributed by atoms with van der Waals surface area (Å²) < 4.78 is 1.71. The summed E-state index contributed by atoms with van der Waals surface area (Å²) in [5, 5.41) is 7.66. The number of imide groups is 1. The van der Waals surface area contributed by atoms with E-state index in [0.717, 1.165) is 42.7 Å². The molecule has 0 aromatic carbocycles. The minimum atomic E-state index is -0.494. The SMILES string of the molecule is Cn1ncc2c(N3CCC4(CCCC(=O)NC4=O)C3)ncnc21. The van der Waals surface area contributed by atoms with Gasteiger partial charge in [0.1, 0.15) is 12.1 Å². The van der Waals surface area contributed by atoms with Gasteiger partial charge in [-0.1, -0.05) is 0 Å². The molecule has 2 amide bonds. The van der Waals surface area contributed by atoms with Gasteiger partial charge in [-0.3, -0.25) is 19.6 Å². The van der Waals surface area contributed by atoms with Gasteiger partial charge in [-0.25, -0.2) is 9.97 Å². The number of carbonyl (C=O) groups excluding carboxylic acids is 2. The zero-order chi connectivity index (χ0) is 16.0. The topological polar surface area (TPSA) is 93.0 Å². The first-order valence-corrected chi connectivity index (χ1v) is 7.81. The Morgan fingerprint density at radius 1 is 1.26 bits per heavy atom. The van der Waals surface area contributed by atoms with Gasteiger partial charge in [0.05, 0.1) is 17.0 Å². The van der Waals surface area contributed by atoms with Gasteiger partial charge in [-0.15, -0.1) is 0 Å². The summed E-state index contributed by atoms with van der Waals surface area (Å²) >= 11 is 0. The first-order valence-electron chi connectivity index (χ1n) is 7.81. The molecule has 1 unspecified atom stereocenters. The van der Waals surface area contributed by atoms with E-state index in [9.17, 15) is 9.59 Å². The van der Waals surface area contributed by atoms with Crippen LogP contribution in [0.1, 0.15) is 25.7 Å². The van der Waals surface area contributed by atoms with Crippen LogP contribution in [-0.2, 0) is 16.6 Å². The van der Waals surface area contributed by atoms with Crippen LogP contribution in [0.2, 0.25) is 0 Å². The van der Waals surface area contributed by atoms with E-state index in [1.54, 1.807) is 10.9 Å². The fourth-order valence-corrected chi connectivity index (χ4v) is 3.67. The molecule has 4 rings (SSSR count). The lowest BCUT2D eigenvalue weighted by molar-refractivity contribution is -0.134. The molecule has 1 atom stereocenters. The molecule has 0 aliphatic carbocycles. The molecule has 2 fully saturated rings. The highest BCUT2D eigenvalue weighted by Crippen LogP contribution is 2.40. The smallest absolute Gasteiger partial charge is 0.234 e. The molecule has 2 aliphatic heterocycles. The summed E-state index contributed by atoms with van der Waals surface area (Å²) in [7, 11) is 1.84. The summed E-state index contributed by atoms with van der Waals surface area (Å²) in [6, 6.07) is 0. The number of hydrogen-bond donors (Lipinski definition) is 1. The molecule has 4 heterocycles. The summed E-state index contributed by atoms with van der Waals surface area (Å²) in [5.74, 6) is 0.504. The molecule has 2 aliphatic rings. The monoisotopic (exact) mass is 314 g/mol. The summed E-state index contributed by atoms with van der Waals surface area (Å²) in [5.41, 5.74) is 0.280. The van der Waals surface area contributed by atoms with Crippen LogP contribution < -0.4 is 10.2 Å². The average Bonchev–Trinajstić information content (AvgIpc) is 3.09. The van der Waals surface area contributed by atoms with Crippen molar-refractivity contribution < 1.29 is 9.59 Å². The number of nitrogens with zero attached hydrogens (tertiary/aromatic N) is 5. The lowest BCUT2D eigenvalue weighted by Crippen LogP contribution is -2.43. The molecule has 0 radical (unpaired) electrons. The van der Waals surface area contributed by atoms with E-state index in [2.05, 4.69) is 25.3 Å². The third-order valence-electron chi connectivity index (χ3n) is 4.96. The minimum absolute atomic E-state index is 0.140. The molecule has 23 heavy (non-hydrogen) atoms. The van der Waals surface area contributed by atoms with E-state index in [1.165, 1.54) is 6.33 Å². The van der Waals surface area contributed by atoms with E-state index in [-0.39, 0.29) is 11.8 Å². The average molecular weight is 314 g/mol. The zero-order valence-electron chi connectivity index (χ0n) is 12.9. The normalized spacial score (nSPS) is 25.2. The molecule has 8 nitrogen and oxygen atoms in total. The van der Waals surface area contributed by atoms with Gasteiger partial charge >= 0.3 is 0 Å². The van der Waals surface area contributed by atoms with Crippen LogP contribution in [0.5, 0.6) is 0 Å². The van der Waals surface area contributed by atoms with Crippen LogP contribution in [0.3, 0.4) is 0 Å². The second kappa shape index (κ2) is 5.00. The van der Waals surface area contributed by atoms with Gasteiger partial charge in [-0.2, -0.15) is 5.10 Å². The third kappa shape index (κ3) is 2.16. The van der Waals surface area contributed by atoms with Gasteiger partial charge < -0.3 is 4.90 Å². The molecule has 1 N–H and O–H groups in total. The molecular formula is C15H18N6O2. The van der Waals surface area contributed by atoms with Crippen LogP contribution in [0.25, 0.3) is 11.0 Å². The van der Waals surface area contributed by atoms with Crippen LogP contribution in [0.15, 0.2) is 12.5 Å². The number of rotatable bonds is 1. The highest BCUT2D eigenvalue weighted by atomic mass is 16.2. The number of hydrogen-bond acceptors (Lipinski definition) is 6. The van der Waals surface area contributed by atoms with Crippen molar-refractivity contribution >= 4 is 28.7 Å². The number of fused-ring (bicyclic) bond motifs is 1. The van der Waals surface area contributed by atoms with Crippen molar-refractivity contribution in [2.24, 2.45) is 12.5 Å². The van der Waals surface area contributed by atoms with Crippen molar-refractivity contribution in [1.82, 2.24) is 25.1 Å². The molecule has 2 saturated heterocycles. The van der Waals surface area contributed by atoms with Crippen molar-refractivity contribution in [2.75, 3.05) is 18.0 Å². The highest BCUT2D eigenvalue weighted by Gasteiger charge is 2.46. The Bertz CT molecular complexity index is 800. The Labute approximate surface area is 132 Å².